The molecule has 0 spiro atoms. The summed E-state index contributed by atoms with van der Waals surface area (Å²) in [7, 11) is 3.10. The fourth-order valence-corrected chi connectivity index (χ4v) is 3.36. The number of rotatable bonds is 15. The molecule has 37 heavy (non-hydrogen) atoms. The van der Waals surface area contributed by atoms with Crippen LogP contribution in [0.3, 0.4) is 0 Å². The number of nitrogens with one attached hydrogen (secondary N) is 2. The normalized spacial score (nSPS) is 11.1. The van der Waals surface area contributed by atoms with Crippen molar-refractivity contribution in [2.24, 2.45) is 16.1 Å². The van der Waals surface area contributed by atoms with Gasteiger partial charge in [-0.2, -0.15) is 10.2 Å². The lowest BCUT2D eigenvalue weighted by Crippen LogP contribution is -2.38. The first-order valence-electron chi connectivity index (χ1n) is 12.2. The Bertz CT molecular complexity index is 1010. The Hall–Kier alpha value is -4.08. The number of amides is 2. The van der Waals surface area contributed by atoms with Crippen LogP contribution in [0, 0.1) is 5.92 Å². The van der Waals surface area contributed by atoms with Gasteiger partial charge in [0.15, 0.2) is 23.0 Å². The molecule has 0 fully saturated rings. The van der Waals surface area contributed by atoms with E-state index in [1.165, 1.54) is 12.4 Å². The molecule has 0 aliphatic carbocycles. The lowest BCUT2D eigenvalue weighted by Gasteiger charge is -2.13. The number of benzene rings is 2. The van der Waals surface area contributed by atoms with Crippen LogP contribution in [-0.4, -0.2) is 51.7 Å². The van der Waals surface area contributed by atoms with Gasteiger partial charge in [-0.25, -0.2) is 10.9 Å². The van der Waals surface area contributed by atoms with E-state index in [9.17, 15) is 9.59 Å². The van der Waals surface area contributed by atoms with E-state index in [2.05, 4.69) is 21.1 Å². The molecule has 10 nitrogen and oxygen atoms in total. The lowest BCUT2D eigenvalue weighted by atomic mass is 10.0. The van der Waals surface area contributed by atoms with E-state index in [1.807, 2.05) is 20.8 Å². The molecule has 0 heterocycles. The maximum absolute atomic E-state index is 12.7. The smallest absolute Gasteiger partial charge is 0.252 e. The number of unbranched alkanes of at least 4 members (excludes halogenated alkanes) is 1. The highest BCUT2D eigenvalue weighted by Crippen LogP contribution is 2.28. The van der Waals surface area contributed by atoms with Crippen LogP contribution < -0.4 is 29.8 Å². The number of nitrogens with zero attached hydrogens (tertiary/aromatic N) is 2. The van der Waals surface area contributed by atoms with Gasteiger partial charge >= 0.3 is 0 Å². The zero-order valence-corrected chi connectivity index (χ0v) is 22.1. The van der Waals surface area contributed by atoms with Crippen molar-refractivity contribution in [2.75, 3.05) is 27.4 Å². The quantitative estimate of drug-likeness (QED) is 0.212. The van der Waals surface area contributed by atoms with Crippen LogP contribution in [0.5, 0.6) is 23.0 Å². The number of ether oxygens (including phenoxy) is 4. The predicted molar refractivity (Wildman–Crippen MR) is 143 cm³/mol. The van der Waals surface area contributed by atoms with Crippen LogP contribution in [0.2, 0.25) is 0 Å². The number of methoxy groups -OCH3 is 2. The highest BCUT2D eigenvalue weighted by atomic mass is 16.5. The molecular formula is C27H36N4O6. The van der Waals surface area contributed by atoms with Crippen molar-refractivity contribution in [3.63, 3.8) is 0 Å². The number of hydrogen-bond donors (Lipinski definition) is 2. The monoisotopic (exact) mass is 512 g/mol. The van der Waals surface area contributed by atoms with Crippen LogP contribution in [0.15, 0.2) is 46.6 Å². The molecule has 2 aromatic carbocycles. The van der Waals surface area contributed by atoms with Crippen molar-refractivity contribution in [2.45, 2.75) is 40.0 Å². The minimum atomic E-state index is -0.945. The van der Waals surface area contributed by atoms with Gasteiger partial charge in [-0.15, -0.1) is 0 Å². The Morgan fingerprint density at radius 1 is 0.784 bits per heavy atom. The van der Waals surface area contributed by atoms with E-state index in [0.29, 0.717) is 60.2 Å². The first-order valence-corrected chi connectivity index (χ1v) is 12.2. The Kier molecular flexibility index (Phi) is 12.5. The molecule has 200 valence electrons. The maximum atomic E-state index is 12.7. The van der Waals surface area contributed by atoms with E-state index in [0.717, 1.165) is 6.42 Å². The van der Waals surface area contributed by atoms with Crippen LogP contribution in [0.4, 0.5) is 0 Å². The molecule has 0 unspecified atom stereocenters. The van der Waals surface area contributed by atoms with E-state index >= 15 is 0 Å². The summed E-state index contributed by atoms with van der Waals surface area (Å²) in [5, 5.41) is 8.02. The van der Waals surface area contributed by atoms with Gasteiger partial charge in [-0.1, -0.05) is 19.8 Å². The minimum Gasteiger partial charge on any atom is -0.493 e. The molecule has 2 amide bonds. The van der Waals surface area contributed by atoms with Crippen LogP contribution in [0.25, 0.3) is 0 Å². The zero-order valence-electron chi connectivity index (χ0n) is 22.1. The third-order valence-corrected chi connectivity index (χ3v) is 5.23. The summed E-state index contributed by atoms with van der Waals surface area (Å²) in [5.41, 5.74) is 6.31. The van der Waals surface area contributed by atoms with Crippen LogP contribution in [-0.2, 0) is 9.59 Å². The molecule has 0 aromatic heterocycles. The summed E-state index contributed by atoms with van der Waals surface area (Å²) in [6, 6.07) is 10.6. The molecule has 10 heteroatoms. The molecule has 0 bridgehead atoms. The van der Waals surface area contributed by atoms with Crippen molar-refractivity contribution in [1.82, 2.24) is 10.9 Å². The van der Waals surface area contributed by atoms with Gasteiger partial charge in [0.1, 0.15) is 5.92 Å². The van der Waals surface area contributed by atoms with Gasteiger partial charge in [-0.05, 0) is 67.8 Å². The lowest BCUT2D eigenvalue weighted by molar-refractivity contribution is -0.135. The molecule has 2 rings (SSSR count). The van der Waals surface area contributed by atoms with Gasteiger partial charge in [0.2, 0.25) is 0 Å². The van der Waals surface area contributed by atoms with Crippen molar-refractivity contribution in [3.05, 3.63) is 47.5 Å². The molecule has 0 saturated heterocycles. The summed E-state index contributed by atoms with van der Waals surface area (Å²) < 4.78 is 21.7. The number of carbonyl (C=O) groups excluding carboxylic acids is 2. The number of hydrazone groups is 2. The first-order chi connectivity index (χ1) is 18.0. The highest BCUT2D eigenvalue weighted by Gasteiger charge is 2.25. The second kappa shape index (κ2) is 15.8. The number of carbonyl (C=O) groups is 2. The zero-order chi connectivity index (χ0) is 27.0. The Morgan fingerprint density at radius 3 is 1.62 bits per heavy atom. The van der Waals surface area contributed by atoms with Gasteiger partial charge in [-0.3, -0.25) is 9.59 Å². The van der Waals surface area contributed by atoms with Crippen molar-refractivity contribution in [3.8, 4) is 23.0 Å². The van der Waals surface area contributed by atoms with Crippen molar-refractivity contribution in [1.29, 1.82) is 0 Å². The van der Waals surface area contributed by atoms with Crippen molar-refractivity contribution >= 4 is 24.2 Å². The maximum Gasteiger partial charge on any atom is 0.252 e. The minimum absolute atomic E-state index is 0.368. The molecule has 0 aliphatic rings. The first kappa shape index (κ1) is 29.2. The predicted octanol–water partition coefficient (Wildman–Crippen LogP) is 3.91. The summed E-state index contributed by atoms with van der Waals surface area (Å²) in [6.07, 6.45) is 4.85. The summed E-state index contributed by atoms with van der Waals surface area (Å²) in [6.45, 7) is 6.79. The summed E-state index contributed by atoms with van der Waals surface area (Å²) in [5.74, 6) is 0.370. The average molecular weight is 513 g/mol. The molecular weight excluding hydrogens is 476 g/mol. The topological polar surface area (TPSA) is 120 Å². The Morgan fingerprint density at radius 2 is 1.24 bits per heavy atom. The highest BCUT2D eigenvalue weighted by molar-refractivity contribution is 6.00. The fourth-order valence-electron chi connectivity index (χ4n) is 3.36. The molecule has 0 saturated carbocycles. The fraction of sp³-hybridized carbons (Fsp3) is 0.407. The van der Waals surface area contributed by atoms with Crippen LogP contribution in [0.1, 0.15) is 51.2 Å². The molecule has 2 aromatic rings. The third-order valence-electron chi connectivity index (χ3n) is 5.23. The van der Waals surface area contributed by atoms with Gasteiger partial charge in [0, 0.05) is 0 Å². The van der Waals surface area contributed by atoms with Crippen LogP contribution >= 0.6 is 0 Å². The van der Waals surface area contributed by atoms with E-state index in [-0.39, 0.29) is 0 Å². The largest absolute Gasteiger partial charge is 0.493 e. The van der Waals surface area contributed by atoms with E-state index in [1.54, 1.807) is 50.6 Å². The third kappa shape index (κ3) is 9.14. The average Bonchev–Trinajstić information content (AvgIpc) is 2.90. The second-order valence-electron chi connectivity index (χ2n) is 7.85. The van der Waals surface area contributed by atoms with E-state index in [4.69, 9.17) is 18.9 Å². The number of hydrogen-bond acceptors (Lipinski definition) is 8. The molecule has 0 aliphatic heterocycles. The molecule has 0 atom stereocenters. The Labute approximate surface area is 218 Å². The van der Waals surface area contributed by atoms with Gasteiger partial charge in [0.25, 0.3) is 11.8 Å². The van der Waals surface area contributed by atoms with E-state index < -0.39 is 17.7 Å². The SMILES string of the molecule is CCCCC(C(=O)N/N=C/c1ccc(OCC)c(OC)c1)C(=O)N/N=C/c1ccc(OCC)c(OC)c1. The molecule has 0 radical (unpaired) electrons. The molecule has 2 N–H and O–H groups in total. The van der Waals surface area contributed by atoms with Gasteiger partial charge in [0.05, 0.1) is 39.9 Å². The summed E-state index contributed by atoms with van der Waals surface area (Å²) >= 11 is 0. The summed E-state index contributed by atoms with van der Waals surface area (Å²) in [4.78, 5) is 25.5. The second-order valence-corrected chi connectivity index (χ2v) is 7.85. The Balaban J connectivity index is 2.03. The van der Waals surface area contributed by atoms with Gasteiger partial charge < -0.3 is 18.9 Å². The standard InChI is InChI=1S/C27H36N4O6/c1-6-9-10-21(26(32)30-28-17-19-11-13-22(36-7-2)24(15-19)34-4)27(33)31-29-18-20-12-14-23(37-8-3)25(16-20)35-5/h11-18,21H,6-10H2,1-5H3,(H,30,32)(H,31,33)/b28-17+,29-18+. The van der Waals surface area contributed by atoms with Crippen molar-refractivity contribution < 1.29 is 28.5 Å².